The van der Waals surface area contributed by atoms with Crippen molar-refractivity contribution in [2.45, 2.75) is 13.3 Å². The molecule has 0 bridgehead atoms. The highest BCUT2D eigenvalue weighted by Gasteiger charge is 2.15. The number of benzene rings is 1. The van der Waals surface area contributed by atoms with Gasteiger partial charge in [-0.05, 0) is 36.8 Å². The number of pyridine rings is 1. The van der Waals surface area contributed by atoms with Gasteiger partial charge in [0.2, 0.25) is 0 Å². The van der Waals surface area contributed by atoms with Crippen molar-refractivity contribution in [2.24, 2.45) is 10.2 Å². The Morgan fingerprint density at radius 2 is 2.12 bits per heavy atom. The number of azo groups is 1. The van der Waals surface area contributed by atoms with Crippen LogP contribution in [0, 0.1) is 6.92 Å². The molecule has 2 heterocycles. The topological polar surface area (TPSA) is 68.3 Å². The maximum atomic E-state index is 11.6. The molecule has 0 aliphatic carbocycles. The van der Waals surface area contributed by atoms with Crippen molar-refractivity contribution in [3.05, 3.63) is 58.9 Å². The highest BCUT2D eigenvalue weighted by Crippen LogP contribution is 2.28. The Labute approximate surface area is 143 Å². The van der Waals surface area contributed by atoms with Crippen molar-refractivity contribution in [2.75, 3.05) is 7.11 Å². The number of hydrogen-bond acceptors (Lipinski definition) is 5. The van der Waals surface area contributed by atoms with E-state index >= 15 is 0 Å². The highest BCUT2D eigenvalue weighted by molar-refractivity contribution is 6.30. The predicted molar refractivity (Wildman–Crippen MR) is 91.3 cm³/mol. The van der Waals surface area contributed by atoms with Gasteiger partial charge in [0.15, 0.2) is 5.82 Å². The van der Waals surface area contributed by atoms with Crippen molar-refractivity contribution < 1.29 is 9.53 Å². The molecule has 6 nitrogen and oxygen atoms in total. The molecule has 0 atom stereocenters. The van der Waals surface area contributed by atoms with Crippen molar-refractivity contribution in [3.8, 4) is 0 Å². The van der Waals surface area contributed by atoms with E-state index in [1.165, 1.54) is 7.11 Å². The molecule has 0 saturated heterocycles. The molecule has 0 saturated carbocycles. The molecule has 7 heteroatoms. The first-order valence-electron chi connectivity index (χ1n) is 7.29. The Bertz CT molecular complexity index is 933. The van der Waals surface area contributed by atoms with Crippen molar-refractivity contribution in [1.29, 1.82) is 0 Å². The molecule has 1 aromatic carbocycles. The number of carbonyl (C=O) groups is 1. The molecule has 2 aromatic heterocycles. The van der Waals surface area contributed by atoms with Gasteiger partial charge in [-0.15, -0.1) is 10.2 Å². The zero-order chi connectivity index (χ0) is 17.1. The molecule has 0 unspecified atom stereocenters. The fourth-order valence-corrected chi connectivity index (χ4v) is 2.42. The van der Waals surface area contributed by atoms with Crippen LogP contribution in [0.15, 0.2) is 52.8 Å². The summed E-state index contributed by atoms with van der Waals surface area (Å²) in [5.41, 5.74) is 2.81. The summed E-state index contributed by atoms with van der Waals surface area (Å²) in [6.45, 7) is 1.93. The van der Waals surface area contributed by atoms with Gasteiger partial charge >= 0.3 is 5.97 Å². The van der Waals surface area contributed by atoms with Crippen LogP contribution in [-0.2, 0) is 16.0 Å². The van der Waals surface area contributed by atoms with Gasteiger partial charge in [-0.25, -0.2) is 4.98 Å². The quantitative estimate of drug-likeness (QED) is 0.520. The minimum absolute atomic E-state index is 0.0288. The van der Waals surface area contributed by atoms with Crippen LogP contribution < -0.4 is 0 Å². The number of imidazole rings is 1. The molecule has 0 aliphatic heterocycles. The van der Waals surface area contributed by atoms with Crippen LogP contribution in [0.1, 0.15) is 11.3 Å². The lowest BCUT2D eigenvalue weighted by Crippen LogP contribution is -2.04. The number of carbonyl (C=O) groups excluding carboxylic acids is 1. The monoisotopic (exact) mass is 342 g/mol. The number of halogens is 1. The lowest BCUT2D eigenvalue weighted by Gasteiger charge is -2.01. The Kier molecular flexibility index (Phi) is 4.57. The Balaban J connectivity index is 2.06. The van der Waals surface area contributed by atoms with Crippen LogP contribution >= 0.6 is 11.6 Å². The average Bonchev–Trinajstić information content (AvgIpc) is 2.92. The summed E-state index contributed by atoms with van der Waals surface area (Å²) in [5.74, 6) is 0.115. The first-order chi connectivity index (χ1) is 11.6. The van der Waals surface area contributed by atoms with E-state index < -0.39 is 0 Å². The molecule has 24 heavy (non-hydrogen) atoms. The van der Waals surface area contributed by atoms with Crippen LogP contribution in [0.5, 0.6) is 0 Å². The van der Waals surface area contributed by atoms with Crippen LogP contribution in [0.25, 0.3) is 5.65 Å². The first kappa shape index (κ1) is 16.1. The Morgan fingerprint density at radius 3 is 2.92 bits per heavy atom. The summed E-state index contributed by atoms with van der Waals surface area (Å²) < 4.78 is 6.50. The maximum absolute atomic E-state index is 11.6. The molecule has 0 N–H and O–H groups in total. The number of methoxy groups -OCH3 is 1. The van der Waals surface area contributed by atoms with E-state index in [4.69, 9.17) is 16.3 Å². The second-order valence-corrected chi connectivity index (χ2v) is 5.63. The van der Waals surface area contributed by atoms with Crippen LogP contribution in [0.2, 0.25) is 5.02 Å². The highest BCUT2D eigenvalue weighted by atomic mass is 35.5. The van der Waals surface area contributed by atoms with E-state index in [2.05, 4.69) is 15.2 Å². The normalized spacial score (nSPS) is 11.3. The first-order valence-corrected chi connectivity index (χ1v) is 7.67. The van der Waals surface area contributed by atoms with Gasteiger partial charge in [0.05, 0.1) is 24.9 Å². The Morgan fingerprint density at radius 1 is 1.29 bits per heavy atom. The maximum Gasteiger partial charge on any atom is 0.311 e. The average molecular weight is 343 g/mol. The lowest BCUT2D eigenvalue weighted by atomic mass is 10.2. The zero-order valence-corrected chi connectivity index (χ0v) is 14.0. The third-order valence-corrected chi connectivity index (χ3v) is 3.77. The molecule has 0 radical (unpaired) electrons. The molecule has 0 fully saturated rings. The smallest absolute Gasteiger partial charge is 0.311 e. The minimum atomic E-state index is -0.381. The minimum Gasteiger partial charge on any atom is -0.469 e. The third kappa shape index (κ3) is 3.28. The number of rotatable bonds is 4. The summed E-state index contributed by atoms with van der Waals surface area (Å²) in [5, 5.41) is 9.18. The van der Waals surface area contributed by atoms with E-state index in [9.17, 15) is 4.79 Å². The largest absolute Gasteiger partial charge is 0.469 e. The van der Waals surface area contributed by atoms with Gasteiger partial charge < -0.3 is 4.74 Å². The van der Waals surface area contributed by atoms with Crippen LogP contribution in [0.3, 0.4) is 0 Å². The van der Waals surface area contributed by atoms with E-state index in [1.54, 1.807) is 16.5 Å². The van der Waals surface area contributed by atoms with Gasteiger partial charge in [0.25, 0.3) is 0 Å². The third-order valence-electron chi connectivity index (χ3n) is 3.54. The number of nitrogens with zero attached hydrogens (tertiary/aromatic N) is 4. The van der Waals surface area contributed by atoms with Gasteiger partial charge in [-0.2, -0.15) is 0 Å². The van der Waals surface area contributed by atoms with Gasteiger partial charge in [0.1, 0.15) is 5.65 Å². The van der Waals surface area contributed by atoms with Crippen LogP contribution in [-0.4, -0.2) is 22.5 Å². The number of aryl methyl sites for hydroxylation is 1. The van der Waals surface area contributed by atoms with Crippen molar-refractivity contribution in [1.82, 2.24) is 9.38 Å². The molecule has 3 aromatic rings. The molecular formula is C17H15ClN4O2. The van der Waals surface area contributed by atoms with Gasteiger partial charge in [0, 0.05) is 11.2 Å². The predicted octanol–water partition coefficient (Wildman–Crippen LogP) is 4.43. The van der Waals surface area contributed by atoms with Crippen molar-refractivity contribution >= 4 is 34.7 Å². The van der Waals surface area contributed by atoms with Crippen LogP contribution in [0.4, 0.5) is 11.5 Å². The summed E-state index contributed by atoms with van der Waals surface area (Å²) >= 11 is 6.01. The zero-order valence-electron chi connectivity index (χ0n) is 13.2. The van der Waals surface area contributed by atoms with E-state index in [0.29, 0.717) is 27.9 Å². The molecule has 0 spiro atoms. The molecular weight excluding hydrogens is 328 g/mol. The second kappa shape index (κ2) is 6.80. The summed E-state index contributed by atoms with van der Waals surface area (Å²) in [7, 11) is 1.34. The van der Waals surface area contributed by atoms with Gasteiger partial charge in [-0.3, -0.25) is 9.20 Å². The lowest BCUT2D eigenvalue weighted by molar-refractivity contribution is -0.139. The van der Waals surface area contributed by atoms with Crippen molar-refractivity contribution in [3.63, 3.8) is 0 Å². The fraction of sp³-hybridized carbons (Fsp3) is 0.176. The number of esters is 1. The standard InChI is InChI=1S/C17H15ClN4O2/c1-11-6-7-12(18)9-13(11)20-21-17-14(10-16(23)24-2)19-15-5-3-4-8-22(15)17/h3-9H,10H2,1-2H3. The van der Waals surface area contributed by atoms with E-state index in [-0.39, 0.29) is 12.4 Å². The summed E-state index contributed by atoms with van der Waals surface area (Å²) in [6.07, 6.45) is 1.85. The fourth-order valence-electron chi connectivity index (χ4n) is 2.26. The number of aromatic nitrogens is 2. The molecule has 3 rings (SSSR count). The molecule has 0 aliphatic rings. The van der Waals surface area contributed by atoms with E-state index in [0.717, 1.165) is 5.56 Å². The second-order valence-electron chi connectivity index (χ2n) is 5.19. The number of ether oxygens (including phenoxy) is 1. The summed E-state index contributed by atoms with van der Waals surface area (Å²) in [4.78, 5) is 16.1. The number of hydrogen-bond donors (Lipinski definition) is 0. The van der Waals surface area contributed by atoms with E-state index in [1.807, 2.05) is 37.4 Å². The number of fused-ring (bicyclic) bond motifs is 1. The Hall–Kier alpha value is -2.73. The molecule has 0 amide bonds. The SMILES string of the molecule is COC(=O)Cc1nc2ccccn2c1N=Nc1cc(Cl)ccc1C. The molecule has 122 valence electrons. The summed E-state index contributed by atoms with van der Waals surface area (Å²) in [6, 6.07) is 11.0. The van der Waals surface area contributed by atoms with Gasteiger partial charge in [-0.1, -0.05) is 23.7 Å².